The Morgan fingerprint density at radius 3 is 1.79 bits per heavy atom. The molecule has 0 radical (unpaired) electrons. The van der Waals surface area contributed by atoms with Crippen molar-refractivity contribution in [1.82, 2.24) is 4.90 Å². The molecule has 0 spiro atoms. The van der Waals surface area contributed by atoms with Crippen molar-refractivity contribution in [3.63, 3.8) is 0 Å². The Morgan fingerprint density at radius 1 is 1.00 bits per heavy atom. The van der Waals surface area contributed by atoms with Crippen LogP contribution in [0, 0.1) is 11.6 Å². The van der Waals surface area contributed by atoms with E-state index in [9.17, 15) is 23.2 Å². The van der Waals surface area contributed by atoms with E-state index < -0.39 is 48.1 Å². The number of carboxylic acids is 2. The lowest BCUT2D eigenvalue weighted by atomic mass is 10.1. The van der Waals surface area contributed by atoms with Crippen LogP contribution in [0.1, 0.15) is 10.4 Å². The highest BCUT2D eigenvalue weighted by atomic mass is 19.1. The van der Waals surface area contributed by atoms with Crippen LogP contribution in [0.2, 0.25) is 0 Å². The lowest BCUT2D eigenvalue weighted by Gasteiger charge is -2.18. The van der Waals surface area contributed by atoms with Crippen LogP contribution in [0.4, 0.5) is 8.78 Å². The van der Waals surface area contributed by atoms with Crippen molar-refractivity contribution in [3.05, 3.63) is 35.4 Å². The SMILES string of the molecule is O=C(O)CN(CC(=O)O)C(=O)c1c(F)cccc1F. The molecule has 1 rings (SSSR count). The maximum Gasteiger partial charge on any atom is 0.323 e. The number of nitrogens with zero attached hydrogens (tertiary/aromatic N) is 1. The highest BCUT2D eigenvalue weighted by molar-refractivity contribution is 5.97. The number of halogens is 2. The van der Waals surface area contributed by atoms with Crippen LogP contribution in [0.15, 0.2) is 18.2 Å². The molecule has 1 aromatic carbocycles. The summed E-state index contributed by atoms with van der Waals surface area (Å²) < 4.78 is 26.7. The summed E-state index contributed by atoms with van der Waals surface area (Å²) >= 11 is 0. The van der Waals surface area contributed by atoms with Gasteiger partial charge in [0.05, 0.1) is 0 Å². The Morgan fingerprint density at radius 2 is 1.42 bits per heavy atom. The minimum absolute atomic E-state index is 0.326. The molecule has 102 valence electrons. The van der Waals surface area contributed by atoms with E-state index in [-0.39, 0.29) is 0 Å². The van der Waals surface area contributed by atoms with Gasteiger partial charge < -0.3 is 15.1 Å². The molecule has 6 nitrogen and oxygen atoms in total. The van der Waals surface area contributed by atoms with Crippen LogP contribution < -0.4 is 0 Å². The van der Waals surface area contributed by atoms with E-state index in [1.165, 1.54) is 0 Å². The predicted molar refractivity (Wildman–Crippen MR) is 57.5 cm³/mol. The fraction of sp³-hybridized carbons (Fsp3) is 0.182. The standard InChI is InChI=1S/C11H9F2NO5/c12-6-2-1-3-7(13)10(6)11(19)14(4-8(15)16)5-9(17)18/h1-3H,4-5H2,(H,15,16)(H,17,18). The summed E-state index contributed by atoms with van der Waals surface area (Å²) in [7, 11) is 0. The molecule has 2 N–H and O–H groups in total. The number of aliphatic carboxylic acids is 2. The van der Waals surface area contributed by atoms with E-state index >= 15 is 0 Å². The van der Waals surface area contributed by atoms with Gasteiger partial charge >= 0.3 is 11.9 Å². The smallest absolute Gasteiger partial charge is 0.323 e. The van der Waals surface area contributed by atoms with Gasteiger partial charge in [-0.1, -0.05) is 6.07 Å². The van der Waals surface area contributed by atoms with E-state index in [1.54, 1.807) is 0 Å². The topological polar surface area (TPSA) is 94.9 Å². The van der Waals surface area contributed by atoms with Crippen molar-refractivity contribution in [2.45, 2.75) is 0 Å². The van der Waals surface area contributed by atoms with Crippen LogP contribution in [0.5, 0.6) is 0 Å². The zero-order valence-electron chi connectivity index (χ0n) is 9.47. The fourth-order valence-corrected chi connectivity index (χ4v) is 1.39. The molecule has 0 fully saturated rings. The maximum atomic E-state index is 13.4. The van der Waals surface area contributed by atoms with Crippen LogP contribution in [0.25, 0.3) is 0 Å². The van der Waals surface area contributed by atoms with Gasteiger partial charge in [-0.15, -0.1) is 0 Å². The van der Waals surface area contributed by atoms with Crippen molar-refractivity contribution >= 4 is 17.8 Å². The second kappa shape index (κ2) is 5.89. The van der Waals surface area contributed by atoms with Crippen LogP contribution in [-0.4, -0.2) is 46.0 Å². The molecule has 0 atom stereocenters. The molecule has 0 aliphatic heterocycles. The zero-order valence-corrected chi connectivity index (χ0v) is 9.47. The molecule has 0 heterocycles. The molecule has 1 amide bonds. The molecular formula is C11H9F2NO5. The molecule has 0 aromatic heterocycles. The Bertz CT molecular complexity index is 496. The van der Waals surface area contributed by atoms with E-state index in [4.69, 9.17) is 10.2 Å². The first-order valence-electron chi connectivity index (χ1n) is 4.99. The highest BCUT2D eigenvalue weighted by Crippen LogP contribution is 2.14. The Kier molecular flexibility index (Phi) is 4.51. The van der Waals surface area contributed by atoms with Crippen molar-refractivity contribution in [2.24, 2.45) is 0 Å². The number of carbonyl (C=O) groups is 3. The van der Waals surface area contributed by atoms with Crippen LogP contribution in [-0.2, 0) is 9.59 Å². The normalized spacial score (nSPS) is 10.0. The van der Waals surface area contributed by atoms with Crippen molar-refractivity contribution < 1.29 is 33.4 Å². The van der Waals surface area contributed by atoms with Gasteiger partial charge in [0, 0.05) is 0 Å². The molecule has 0 saturated carbocycles. The van der Waals surface area contributed by atoms with Gasteiger partial charge in [-0.05, 0) is 12.1 Å². The van der Waals surface area contributed by atoms with Crippen molar-refractivity contribution in [2.75, 3.05) is 13.1 Å². The lowest BCUT2D eigenvalue weighted by Crippen LogP contribution is -2.40. The van der Waals surface area contributed by atoms with E-state index in [2.05, 4.69) is 0 Å². The molecule has 0 saturated heterocycles. The summed E-state index contributed by atoms with van der Waals surface area (Å²) in [6.07, 6.45) is 0. The molecule has 19 heavy (non-hydrogen) atoms. The minimum atomic E-state index is -1.49. The summed E-state index contributed by atoms with van der Waals surface area (Å²) in [5.41, 5.74) is -0.981. The summed E-state index contributed by atoms with van der Waals surface area (Å²) in [6, 6.07) is 2.66. The molecule has 0 unspecified atom stereocenters. The van der Waals surface area contributed by atoms with E-state index in [0.29, 0.717) is 4.90 Å². The Hall–Kier alpha value is -2.51. The van der Waals surface area contributed by atoms with Gasteiger partial charge in [0.25, 0.3) is 5.91 Å². The molecular weight excluding hydrogens is 264 g/mol. The third kappa shape index (κ3) is 3.73. The van der Waals surface area contributed by atoms with Gasteiger partial charge in [0.15, 0.2) is 0 Å². The molecule has 0 bridgehead atoms. The molecule has 8 heteroatoms. The summed E-state index contributed by atoms with van der Waals surface area (Å²) in [4.78, 5) is 33.1. The first-order valence-corrected chi connectivity index (χ1v) is 4.99. The van der Waals surface area contributed by atoms with Gasteiger partial charge in [-0.3, -0.25) is 14.4 Å². The van der Waals surface area contributed by atoms with Gasteiger partial charge in [-0.2, -0.15) is 0 Å². The molecule has 0 aliphatic carbocycles. The number of hydrogen-bond acceptors (Lipinski definition) is 3. The lowest BCUT2D eigenvalue weighted by molar-refractivity contribution is -0.140. The Balaban J connectivity index is 3.11. The molecule has 0 aliphatic rings. The van der Waals surface area contributed by atoms with Gasteiger partial charge in [0.2, 0.25) is 0 Å². The van der Waals surface area contributed by atoms with Crippen LogP contribution >= 0.6 is 0 Å². The van der Waals surface area contributed by atoms with Crippen molar-refractivity contribution in [3.8, 4) is 0 Å². The number of amides is 1. The monoisotopic (exact) mass is 273 g/mol. The number of rotatable bonds is 5. The average molecular weight is 273 g/mol. The number of carbonyl (C=O) groups excluding carboxylic acids is 1. The number of carboxylic acid groups (broad SMARTS) is 2. The quantitative estimate of drug-likeness (QED) is 0.818. The first-order chi connectivity index (χ1) is 8.82. The third-order valence-electron chi connectivity index (χ3n) is 2.12. The van der Waals surface area contributed by atoms with Gasteiger partial charge in [0.1, 0.15) is 30.3 Å². The Labute approximate surface area is 105 Å². The number of hydrogen-bond donors (Lipinski definition) is 2. The second-order valence-corrected chi connectivity index (χ2v) is 3.55. The summed E-state index contributed by atoms with van der Waals surface area (Å²) in [5, 5.41) is 17.1. The third-order valence-corrected chi connectivity index (χ3v) is 2.12. The summed E-state index contributed by atoms with van der Waals surface area (Å²) in [5.74, 6) is -6.70. The van der Waals surface area contributed by atoms with Crippen molar-refractivity contribution in [1.29, 1.82) is 0 Å². The minimum Gasteiger partial charge on any atom is -0.480 e. The largest absolute Gasteiger partial charge is 0.480 e. The fourth-order valence-electron chi connectivity index (χ4n) is 1.39. The average Bonchev–Trinajstić information content (AvgIpc) is 2.26. The van der Waals surface area contributed by atoms with Crippen LogP contribution in [0.3, 0.4) is 0 Å². The highest BCUT2D eigenvalue weighted by Gasteiger charge is 2.26. The zero-order chi connectivity index (χ0) is 14.6. The maximum absolute atomic E-state index is 13.4. The molecule has 1 aromatic rings. The van der Waals surface area contributed by atoms with E-state index in [0.717, 1.165) is 18.2 Å². The first kappa shape index (κ1) is 14.6. The predicted octanol–water partition coefficient (Wildman–Crippen LogP) is 0.576. The second-order valence-electron chi connectivity index (χ2n) is 3.55. The van der Waals surface area contributed by atoms with Gasteiger partial charge in [-0.25, -0.2) is 8.78 Å². The number of benzene rings is 1. The van der Waals surface area contributed by atoms with E-state index in [1.807, 2.05) is 0 Å². The summed E-state index contributed by atoms with van der Waals surface area (Å²) in [6.45, 7) is -1.95.